The molecule has 1 saturated heterocycles. The van der Waals surface area contributed by atoms with Crippen LogP contribution in [0.5, 0.6) is 0 Å². The number of carbonyl (C=O) groups is 3. The molecule has 0 aromatic carbocycles. The van der Waals surface area contributed by atoms with Crippen molar-refractivity contribution in [2.75, 3.05) is 13.1 Å². The predicted octanol–water partition coefficient (Wildman–Crippen LogP) is -2.18. The van der Waals surface area contributed by atoms with Crippen LogP contribution >= 0.6 is 0 Å². The van der Waals surface area contributed by atoms with Gasteiger partial charge in [0.05, 0.1) is 0 Å². The Morgan fingerprint density at radius 1 is 1.69 bits per heavy atom. The standard InChI is InChI=1S/C7H11N3O3/c1-4-2-9-6(12)7(13)10(4)3-5(8)11/h4H,2-3H2,1H3,(H2,8,11)(H,9,12). The quantitative estimate of drug-likeness (QED) is 0.479. The smallest absolute Gasteiger partial charge is 0.312 e. The molecule has 3 amide bonds. The summed E-state index contributed by atoms with van der Waals surface area (Å²) in [5, 5.41) is 2.40. The van der Waals surface area contributed by atoms with E-state index in [1.165, 1.54) is 4.90 Å². The lowest BCUT2D eigenvalue weighted by molar-refractivity contribution is -0.151. The largest absolute Gasteiger partial charge is 0.368 e. The summed E-state index contributed by atoms with van der Waals surface area (Å²) in [5.74, 6) is -1.99. The average molecular weight is 185 g/mol. The summed E-state index contributed by atoms with van der Waals surface area (Å²) >= 11 is 0. The number of nitrogens with two attached hydrogens (primary N) is 1. The first-order valence-electron chi connectivity index (χ1n) is 3.89. The molecule has 0 aromatic rings. The third-order valence-electron chi connectivity index (χ3n) is 1.87. The summed E-state index contributed by atoms with van der Waals surface area (Å²) in [6.07, 6.45) is 0. The first-order valence-corrected chi connectivity index (χ1v) is 3.89. The molecule has 1 aliphatic heterocycles. The molecule has 6 nitrogen and oxygen atoms in total. The lowest BCUT2D eigenvalue weighted by atomic mass is 10.2. The normalized spacial score (nSPS) is 22.8. The minimum atomic E-state index is -0.697. The van der Waals surface area contributed by atoms with E-state index in [1.54, 1.807) is 6.92 Å². The highest BCUT2D eigenvalue weighted by Crippen LogP contribution is 2.03. The lowest BCUT2D eigenvalue weighted by Gasteiger charge is -2.31. The van der Waals surface area contributed by atoms with Gasteiger partial charge >= 0.3 is 11.8 Å². The summed E-state index contributed by atoms with van der Waals surface area (Å²) in [5.41, 5.74) is 4.93. The van der Waals surface area contributed by atoms with E-state index in [9.17, 15) is 14.4 Å². The molecule has 0 saturated carbocycles. The molecule has 3 N–H and O–H groups in total. The van der Waals surface area contributed by atoms with Crippen molar-refractivity contribution < 1.29 is 14.4 Å². The zero-order valence-electron chi connectivity index (χ0n) is 7.24. The van der Waals surface area contributed by atoms with Gasteiger partial charge < -0.3 is 16.0 Å². The Morgan fingerprint density at radius 2 is 2.31 bits per heavy atom. The summed E-state index contributed by atoms with van der Waals surface area (Å²) < 4.78 is 0. The molecular formula is C7H11N3O3. The van der Waals surface area contributed by atoms with Crippen LogP contribution in [-0.2, 0) is 14.4 Å². The van der Waals surface area contributed by atoms with Gasteiger partial charge in [0, 0.05) is 12.6 Å². The van der Waals surface area contributed by atoms with E-state index >= 15 is 0 Å². The van der Waals surface area contributed by atoms with Gasteiger partial charge in [0.1, 0.15) is 6.54 Å². The zero-order valence-corrected chi connectivity index (χ0v) is 7.24. The van der Waals surface area contributed by atoms with Crippen LogP contribution in [-0.4, -0.2) is 41.8 Å². The highest BCUT2D eigenvalue weighted by atomic mass is 16.2. The van der Waals surface area contributed by atoms with Gasteiger partial charge in [0.15, 0.2) is 0 Å². The SMILES string of the molecule is CC1CNC(=O)C(=O)N1CC(N)=O. The van der Waals surface area contributed by atoms with E-state index in [0.29, 0.717) is 6.54 Å². The number of piperazine rings is 1. The Hall–Kier alpha value is -1.59. The summed E-state index contributed by atoms with van der Waals surface area (Å²) in [6, 6.07) is -0.183. The van der Waals surface area contributed by atoms with E-state index in [-0.39, 0.29) is 12.6 Å². The molecule has 0 radical (unpaired) electrons. The van der Waals surface area contributed by atoms with Crippen LogP contribution in [0.2, 0.25) is 0 Å². The second-order valence-electron chi connectivity index (χ2n) is 2.96. The van der Waals surface area contributed by atoms with Crippen molar-refractivity contribution >= 4 is 17.7 Å². The minimum absolute atomic E-state index is 0.183. The maximum Gasteiger partial charge on any atom is 0.312 e. The molecule has 1 fully saturated rings. The molecule has 1 aliphatic rings. The fraction of sp³-hybridized carbons (Fsp3) is 0.571. The molecule has 0 spiro atoms. The number of rotatable bonds is 2. The third kappa shape index (κ3) is 1.95. The highest BCUT2D eigenvalue weighted by Gasteiger charge is 2.31. The van der Waals surface area contributed by atoms with Crippen LogP contribution in [0, 0.1) is 0 Å². The predicted molar refractivity (Wildman–Crippen MR) is 43.4 cm³/mol. The molecule has 13 heavy (non-hydrogen) atoms. The lowest BCUT2D eigenvalue weighted by Crippen LogP contribution is -2.58. The van der Waals surface area contributed by atoms with Gasteiger partial charge in [-0.25, -0.2) is 0 Å². The van der Waals surface area contributed by atoms with Crippen LogP contribution in [0.4, 0.5) is 0 Å². The van der Waals surface area contributed by atoms with Crippen molar-refractivity contribution in [3.63, 3.8) is 0 Å². The molecule has 1 unspecified atom stereocenters. The Kier molecular flexibility index (Phi) is 2.50. The second kappa shape index (κ2) is 3.42. The topological polar surface area (TPSA) is 92.5 Å². The van der Waals surface area contributed by atoms with E-state index in [4.69, 9.17) is 5.73 Å². The second-order valence-corrected chi connectivity index (χ2v) is 2.96. The van der Waals surface area contributed by atoms with Gasteiger partial charge in [-0.2, -0.15) is 0 Å². The summed E-state index contributed by atoms with van der Waals surface area (Å²) in [6.45, 7) is 1.89. The van der Waals surface area contributed by atoms with Gasteiger partial charge in [-0.1, -0.05) is 0 Å². The van der Waals surface area contributed by atoms with Crippen molar-refractivity contribution in [2.45, 2.75) is 13.0 Å². The van der Waals surface area contributed by atoms with Gasteiger partial charge in [0.25, 0.3) is 0 Å². The molecule has 1 atom stereocenters. The molecule has 6 heteroatoms. The van der Waals surface area contributed by atoms with Gasteiger partial charge in [0.2, 0.25) is 5.91 Å². The number of primary amides is 1. The van der Waals surface area contributed by atoms with Gasteiger partial charge in [-0.05, 0) is 6.92 Å². The molecule has 0 aromatic heterocycles. The van der Waals surface area contributed by atoms with E-state index in [2.05, 4.69) is 5.32 Å². The number of carbonyl (C=O) groups excluding carboxylic acids is 3. The molecular weight excluding hydrogens is 174 g/mol. The molecule has 0 aliphatic carbocycles. The molecule has 0 bridgehead atoms. The molecule has 1 heterocycles. The summed E-state index contributed by atoms with van der Waals surface area (Å²) in [4.78, 5) is 33.8. The molecule has 1 rings (SSSR count). The van der Waals surface area contributed by atoms with Crippen molar-refractivity contribution in [3.8, 4) is 0 Å². The van der Waals surface area contributed by atoms with E-state index in [1.807, 2.05) is 0 Å². The maximum absolute atomic E-state index is 11.2. The Bertz CT molecular complexity index is 264. The van der Waals surface area contributed by atoms with Gasteiger partial charge in [-0.15, -0.1) is 0 Å². The third-order valence-corrected chi connectivity index (χ3v) is 1.87. The first-order chi connectivity index (χ1) is 6.02. The summed E-state index contributed by atoms with van der Waals surface area (Å²) in [7, 11) is 0. The Labute approximate surface area is 75.1 Å². The van der Waals surface area contributed by atoms with Crippen LogP contribution in [0.25, 0.3) is 0 Å². The number of hydrogen-bond donors (Lipinski definition) is 2. The van der Waals surface area contributed by atoms with Crippen molar-refractivity contribution in [2.24, 2.45) is 5.73 Å². The Balaban J connectivity index is 2.72. The number of hydrogen-bond acceptors (Lipinski definition) is 3. The van der Waals surface area contributed by atoms with Crippen LogP contribution in [0.15, 0.2) is 0 Å². The fourth-order valence-corrected chi connectivity index (χ4v) is 1.15. The number of amides is 3. The number of nitrogens with one attached hydrogen (secondary N) is 1. The van der Waals surface area contributed by atoms with Crippen molar-refractivity contribution in [1.29, 1.82) is 0 Å². The monoisotopic (exact) mass is 185 g/mol. The minimum Gasteiger partial charge on any atom is -0.368 e. The van der Waals surface area contributed by atoms with Gasteiger partial charge in [-0.3, -0.25) is 14.4 Å². The highest BCUT2D eigenvalue weighted by molar-refractivity contribution is 6.35. The Morgan fingerprint density at radius 3 is 2.85 bits per heavy atom. The van der Waals surface area contributed by atoms with Crippen LogP contribution < -0.4 is 11.1 Å². The van der Waals surface area contributed by atoms with Crippen LogP contribution in [0.3, 0.4) is 0 Å². The number of nitrogens with zero attached hydrogens (tertiary/aromatic N) is 1. The van der Waals surface area contributed by atoms with E-state index in [0.717, 1.165) is 0 Å². The average Bonchev–Trinajstić information content (AvgIpc) is 2.05. The van der Waals surface area contributed by atoms with Crippen molar-refractivity contribution in [1.82, 2.24) is 10.2 Å². The first kappa shape index (κ1) is 9.50. The zero-order chi connectivity index (χ0) is 10.0. The fourth-order valence-electron chi connectivity index (χ4n) is 1.15. The molecule has 72 valence electrons. The van der Waals surface area contributed by atoms with Crippen molar-refractivity contribution in [3.05, 3.63) is 0 Å². The maximum atomic E-state index is 11.2. The van der Waals surface area contributed by atoms with Crippen LogP contribution in [0.1, 0.15) is 6.92 Å². The van der Waals surface area contributed by atoms with E-state index < -0.39 is 17.7 Å².